The third-order valence-electron chi connectivity index (χ3n) is 3.48. The Morgan fingerprint density at radius 3 is 2.67 bits per heavy atom. The van der Waals surface area contributed by atoms with E-state index in [1.807, 2.05) is 0 Å². The van der Waals surface area contributed by atoms with Gasteiger partial charge in [-0.15, -0.1) is 6.58 Å². The van der Waals surface area contributed by atoms with Crippen molar-refractivity contribution in [3.05, 3.63) is 24.8 Å². The Morgan fingerprint density at radius 1 is 1.50 bits per heavy atom. The third-order valence-corrected chi connectivity index (χ3v) is 3.48. The lowest BCUT2D eigenvalue weighted by atomic mass is 9.60. The van der Waals surface area contributed by atoms with Crippen LogP contribution in [0.25, 0.3) is 0 Å². The van der Waals surface area contributed by atoms with Gasteiger partial charge in [0.25, 0.3) is 0 Å². The molecule has 12 heavy (non-hydrogen) atoms. The van der Waals surface area contributed by atoms with Gasteiger partial charge in [0.2, 0.25) is 0 Å². The van der Waals surface area contributed by atoms with Crippen LogP contribution in [0.2, 0.25) is 0 Å². The van der Waals surface area contributed by atoms with E-state index in [1.165, 1.54) is 12.0 Å². The molecule has 1 heteroatoms. The summed E-state index contributed by atoms with van der Waals surface area (Å²) in [6.45, 7) is 7.75. The molecule has 1 nitrogen and oxygen atoms in total. The Bertz CT molecular complexity index is 231. The number of hydrogen-bond acceptors (Lipinski definition) is 1. The summed E-state index contributed by atoms with van der Waals surface area (Å²) >= 11 is 0. The molecule has 0 aliphatic heterocycles. The van der Waals surface area contributed by atoms with Crippen molar-refractivity contribution in [3.63, 3.8) is 0 Å². The maximum absolute atomic E-state index is 10.2. The normalized spacial score (nSPS) is 46.2. The van der Waals surface area contributed by atoms with Crippen LogP contribution in [0.3, 0.4) is 0 Å². The minimum atomic E-state index is -0.627. The summed E-state index contributed by atoms with van der Waals surface area (Å²) in [5.41, 5.74) is 0.609. The van der Waals surface area contributed by atoms with E-state index in [2.05, 4.69) is 13.2 Å². The molecule has 0 aromatic heterocycles. The zero-order chi connectivity index (χ0) is 8.77. The van der Waals surface area contributed by atoms with Crippen LogP contribution >= 0.6 is 0 Å². The number of aliphatic hydroxyl groups is 1. The zero-order valence-electron chi connectivity index (χ0n) is 7.42. The number of fused-ring (bicyclic) bond motifs is 3. The van der Waals surface area contributed by atoms with Gasteiger partial charge in [0.1, 0.15) is 0 Å². The Labute approximate surface area is 73.8 Å². The lowest BCUT2D eigenvalue weighted by Crippen LogP contribution is -2.46. The zero-order valence-corrected chi connectivity index (χ0v) is 7.42. The minimum absolute atomic E-state index is 0.292. The minimum Gasteiger partial charge on any atom is -0.385 e. The first-order chi connectivity index (χ1) is 5.65. The van der Waals surface area contributed by atoms with Gasteiger partial charge in [-0.3, -0.25) is 0 Å². The fourth-order valence-corrected chi connectivity index (χ4v) is 2.83. The Hall–Kier alpha value is -0.560. The van der Waals surface area contributed by atoms with Crippen LogP contribution in [-0.2, 0) is 0 Å². The Morgan fingerprint density at radius 2 is 2.25 bits per heavy atom. The van der Waals surface area contributed by atoms with Crippen LogP contribution in [0.4, 0.5) is 0 Å². The molecule has 3 fully saturated rings. The predicted molar refractivity (Wildman–Crippen MR) is 49.7 cm³/mol. The van der Waals surface area contributed by atoms with Crippen molar-refractivity contribution in [3.8, 4) is 0 Å². The Balaban J connectivity index is 2.30. The molecule has 1 N–H and O–H groups in total. The summed E-state index contributed by atoms with van der Waals surface area (Å²) in [5.74, 6) is 0.950. The van der Waals surface area contributed by atoms with Crippen LogP contribution in [0.5, 0.6) is 0 Å². The van der Waals surface area contributed by atoms with Crippen LogP contribution < -0.4 is 0 Å². The van der Waals surface area contributed by atoms with E-state index < -0.39 is 5.60 Å². The van der Waals surface area contributed by atoms with Crippen molar-refractivity contribution in [2.45, 2.75) is 31.3 Å². The highest BCUT2D eigenvalue weighted by Gasteiger charge is 2.45. The molecule has 0 unspecified atom stereocenters. The molecule has 0 radical (unpaired) electrons. The molecule has 66 valence electrons. The molecular weight excluding hydrogens is 148 g/mol. The van der Waals surface area contributed by atoms with Gasteiger partial charge in [0.15, 0.2) is 0 Å². The summed E-state index contributed by atoms with van der Waals surface area (Å²) in [5, 5.41) is 10.2. The summed E-state index contributed by atoms with van der Waals surface area (Å²) < 4.78 is 0. The van der Waals surface area contributed by atoms with Crippen LogP contribution in [0.15, 0.2) is 24.8 Å². The molecule has 0 heterocycles. The first-order valence-electron chi connectivity index (χ1n) is 4.69. The second-order valence-electron chi connectivity index (χ2n) is 4.26. The van der Waals surface area contributed by atoms with Crippen molar-refractivity contribution >= 4 is 0 Å². The van der Waals surface area contributed by atoms with Crippen molar-refractivity contribution in [2.75, 3.05) is 0 Å². The molecule has 0 saturated heterocycles. The standard InChI is InChI=1S/C11H16O/c1-3-11(12)7-9-4-5-10(11)8(2)6-9/h3,9-10,12H,1-2,4-7H2/t9-,10+,11-/m1/s1. The molecule has 3 aliphatic rings. The van der Waals surface area contributed by atoms with Crippen molar-refractivity contribution in [1.29, 1.82) is 0 Å². The fourth-order valence-electron chi connectivity index (χ4n) is 2.83. The summed E-state index contributed by atoms with van der Waals surface area (Å²) in [6.07, 6.45) is 6.11. The van der Waals surface area contributed by atoms with Gasteiger partial charge in [-0.2, -0.15) is 0 Å². The van der Waals surface area contributed by atoms with Gasteiger partial charge in [-0.05, 0) is 31.6 Å². The molecule has 0 amide bonds. The van der Waals surface area contributed by atoms with Gasteiger partial charge in [-0.25, -0.2) is 0 Å². The van der Waals surface area contributed by atoms with Gasteiger partial charge in [0.05, 0.1) is 5.60 Å². The SMILES string of the molecule is C=C[C@@]1(O)C[C@@H]2CC[C@H]1C(=C)C2. The van der Waals surface area contributed by atoms with Crippen LogP contribution in [0, 0.1) is 11.8 Å². The van der Waals surface area contributed by atoms with Crippen molar-refractivity contribution in [2.24, 2.45) is 11.8 Å². The fraction of sp³-hybridized carbons (Fsp3) is 0.636. The highest BCUT2D eigenvalue weighted by molar-refractivity contribution is 5.21. The summed E-state index contributed by atoms with van der Waals surface area (Å²) in [6, 6.07) is 0. The van der Waals surface area contributed by atoms with E-state index in [1.54, 1.807) is 6.08 Å². The van der Waals surface area contributed by atoms with Gasteiger partial charge in [0, 0.05) is 5.92 Å². The van der Waals surface area contributed by atoms with E-state index in [-0.39, 0.29) is 0 Å². The number of hydrogen-bond donors (Lipinski definition) is 1. The van der Waals surface area contributed by atoms with Crippen molar-refractivity contribution in [1.82, 2.24) is 0 Å². The second-order valence-corrected chi connectivity index (χ2v) is 4.26. The van der Waals surface area contributed by atoms with E-state index in [0.29, 0.717) is 11.8 Å². The summed E-state index contributed by atoms with van der Waals surface area (Å²) in [4.78, 5) is 0. The topological polar surface area (TPSA) is 20.2 Å². The molecule has 3 atom stereocenters. The molecule has 2 bridgehead atoms. The molecule has 3 saturated carbocycles. The smallest absolute Gasteiger partial charge is 0.0892 e. The quantitative estimate of drug-likeness (QED) is 0.589. The van der Waals surface area contributed by atoms with E-state index >= 15 is 0 Å². The maximum atomic E-state index is 10.2. The van der Waals surface area contributed by atoms with Gasteiger partial charge in [-0.1, -0.05) is 18.2 Å². The Kier molecular flexibility index (Phi) is 1.65. The first-order valence-corrected chi connectivity index (χ1v) is 4.69. The lowest BCUT2D eigenvalue weighted by molar-refractivity contribution is -0.0317. The maximum Gasteiger partial charge on any atom is 0.0892 e. The average Bonchev–Trinajstić information content (AvgIpc) is 2.04. The van der Waals surface area contributed by atoms with E-state index in [4.69, 9.17) is 0 Å². The van der Waals surface area contributed by atoms with E-state index in [0.717, 1.165) is 19.3 Å². The molecule has 0 aromatic carbocycles. The first kappa shape index (κ1) is 8.06. The van der Waals surface area contributed by atoms with Gasteiger partial charge >= 0.3 is 0 Å². The predicted octanol–water partition coefficient (Wildman–Crippen LogP) is 2.28. The monoisotopic (exact) mass is 164 g/mol. The molecule has 3 aliphatic carbocycles. The van der Waals surface area contributed by atoms with Crippen molar-refractivity contribution < 1.29 is 5.11 Å². The van der Waals surface area contributed by atoms with E-state index in [9.17, 15) is 5.11 Å². The molecule has 3 rings (SSSR count). The van der Waals surface area contributed by atoms with Gasteiger partial charge < -0.3 is 5.11 Å². The summed E-state index contributed by atoms with van der Waals surface area (Å²) in [7, 11) is 0. The molecular formula is C11H16O. The number of rotatable bonds is 1. The highest BCUT2D eigenvalue weighted by Crippen LogP contribution is 2.49. The van der Waals surface area contributed by atoms with Crippen LogP contribution in [-0.4, -0.2) is 10.7 Å². The van der Waals surface area contributed by atoms with Crippen LogP contribution in [0.1, 0.15) is 25.7 Å². The molecule has 0 aromatic rings. The lowest BCUT2D eigenvalue weighted by Gasteiger charge is -2.48. The highest BCUT2D eigenvalue weighted by atomic mass is 16.3. The average molecular weight is 164 g/mol. The molecule has 0 spiro atoms. The third kappa shape index (κ3) is 0.962. The largest absolute Gasteiger partial charge is 0.385 e. The second kappa shape index (κ2) is 2.46.